The van der Waals surface area contributed by atoms with E-state index >= 15 is 0 Å². The molecule has 1 heterocycles. The fourth-order valence-corrected chi connectivity index (χ4v) is 1.52. The molecular weight excluding hydrogens is 192 g/mol. The molecule has 0 unspecified atom stereocenters. The molecule has 0 aromatic carbocycles. The highest BCUT2D eigenvalue weighted by molar-refractivity contribution is 6.33. The zero-order valence-electron chi connectivity index (χ0n) is 7.54. The van der Waals surface area contributed by atoms with Gasteiger partial charge < -0.3 is 5.11 Å². The molecule has 13 heavy (non-hydrogen) atoms. The largest absolute Gasteiger partial charge is 0.476 e. The highest BCUT2D eigenvalue weighted by Gasteiger charge is 2.18. The number of nitrogens with zero attached hydrogens (tertiary/aromatic N) is 2. The molecule has 1 rings (SSSR count). The van der Waals surface area contributed by atoms with E-state index in [1.54, 1.807) is 7.05 Å². The van der Waals surface area contributed by atoms with Gasteiger partial charge in [0.15, 0.2) is 5.69 Å². The SMILES string of the molecule is CCCc1nn(C)c(C(=O)O)c1Cl. The number of aryl methyl sites for hydroxylation is 2. The number of rotatable bonds is 3. The average molecular weight is 203 g/mol. The summed E-state index contributed by atoms with van der Waals surface area (Å²) in [5, 5.41) is 13.1. The number of carboxylic acids is 1. The standard InChI is InChI=1S/C8H11ClN2O2/c1-3-4-5-6(9)7(8(12)13)11(2)10-5/h3-4H2,1-2H3,(H,12,13). The Balaban J connectivity index is 3.14. The second-order valence-electron chi connectivity index (χ2n) is 2.79. The van der Waals surface area contributed by atoms with Gasteiger partial charge in [-0.3, -0.25) is 4.68 Å². The van der Waals surface area contributed by atoms with Crippen molar-refractivity contribution in [3.63, 3.8) is 0 Å². The summed E-state index contributed by atoms with van der Waals surface area (Å²) in [6.45, 7) is 1.99. The van der Waals surface area contributed by atoms with Gasteiger partial charge in [0.05, 0.1) is 10.7 Å². The molecule has 0 aliphatic carbocycles. The number of aromatic carboxylic acids is 1. The Morgan fingerprint density at radius 3 is 2.69 bits per heavy atom. The zero-order valence-corrected chi connectivity index (χ0v) is 8.30. The normalized spacial score (nSPS) is 10.4. The molecule has 5 heteroatoms. The summed E-state index contributed by atoms with van der Waals surface area (Å²) in [5.41, 5.74) is 0.717. The maximum absolute atomic E-state index is 10.7. The van der Waals surface area contributed by atoms with Gasteiger partial charge in [0.25, 0.3) is 0 Å². The molecule has 0 atom stereocenters. The third-order valence-electron chi connectivity index (χ3n) is 1.74. The van der Waals surface area contributed by atoms with Crippen LogP contribution in [0.15, 0.2) is 0 Å². The molecule has 1 aromatic heterocycles. The molecule has 0 spiro atoms. The van der Waals surface area contributed by atoms with Gasteiger partial charge in [0, 0.05) is 7.05 Å². The second-order valence-corrected chi connectivity index (χ2v) is 3.17. The van der Waals surface area contributed by atoms with Crippen LogP contribution in [-0.4, -0.2) is 20.9 Å². The smallest absolute Gasteiger partial charge is 0.355 e. The van der Waals surface area contributed by atoms with Gasteiger partial charge in [-0.25, -0.2) is 4.79 Å². The van der Waals surface area contributed by atoms with Crippen LogP contribution in [0, 0.1) is 0 Å². The Kier molecular flexibility index (Phi) is 2.93. The van der Waals surface area contributed by atoms with Gasteiger partial charge in [-0.05, 0) is 6.42 Å². The summed E-state index contributed by atoms with van der Waals surface area (Å²) < 4.78 is 1.30. The summed E-state index contributed by atoms with van der Waals surface area (Å²) in [6.07, 6.45) is 1.61. The molecule has 0 amide bonds. The summed E-state index contributed by atoms with van der Waals surface area (Å²) in [7, 11) is 1.58. The van der Waals surface area contributed by atoms with E-state index in [0.29, 0.717) is 12.1 Å². The highest BCUT2D eigenvalue weighted by Crippen LogP contribution is 2.21. The van der Waals surface area contributed by atoms with Crippen molar-refractivity contribution < 1.29 is 9.90 Å². The van der Waals surface area contributed by atoms with Crippen molar-refractivity contribution in [1.82, 2.24) is 9.78 Å². The van der Waals surface area contributed by atoms with Crippen molar-refractivity contribution in [2.24, 2.45) is 7.05 Å². The summed E-state index contributed by atoms with van der Waals surface area (Å²) >= 11 is 5.84. The first kappa shape index (κ1) is 10.1. The predicted octanol–water partition coefficient (Wildman–Crippen LogP) is 1.72. The molecule has 1 N–H and O–H groups in total. The van der Waals surface area contributed by atoms with Crippen molar-refractivity contribution >= 4 is 17.6 Å². The molecule has 0 saturated heterocycles. The van der Waals surface area contributed by atoms with E-state index in [1.165, 1.54) is 4.68 Å². The van der Waals surface area contributed by atoms with E-state index in [9.17, 15) is 4.79 Å². The Labute approximate surface area is 81.1 Å². The van der Waals surface area contributed by atoms with E-state index in [-0.39, 0.29) is 10.7 Å². The fourth-order valence-electron chi connectivity index (χ4n) is 1.18. The van der Waals surface area contributed by atoms with Crippen LogP contribution >= 0.6 is 11.6 Å². The summed E-state index contributed by atoms with van der Waals surface area (Å²) in [6, 6.07) is 0. The quantitative estimate of drug-likeness (QED) is 0.812. The molecule has 0 bridgehead atoms. The van der Waals surface area contributed by atoms with E-state index in [4.69, 9.17) is 16.7 Å². The molecule has 0 radical (unpaired) electrons. The average Bonchev–Trinajstić information content (AvgIpc) is 2.28. The maximum Gasteiger partial charge on any atom is 0.355 e. The lowest BCUT2D eigenvalue weighted by Gasteiger charge is -1.93. The van der Waals surface area contributed by atoms with Crippen molar-refractivity contribution in [3.05, 3.63) is 16.4 Å². The first-order valence-electron chi connectivity index (χ1n) is 4.02. The molecule has 0 aliphatic heterocycles. The first-order chi connectivity index (χ1) is 6.07. The molecule has 0 aliphatic rings. The molecule has 72 valence electrons. The minimum absolute atomic E-state index is 0.0603. The van der Waals surface area contributed by atoms with Gasteiger partial charge in [0.2, 0.25) is 0 Å². The molecular formula is C8H11ClN2O2. The van der Waals surface area contributed by atoms with Crippen molar-refractivity contribution in [1.29, 1.82) is 0 Å². The van der Waals surface area contributed by atoms with Crippen LogP contribution < -0.4 is 0 Å². The minimum atomic E-state index is -1.04. The first-order valence-corrected chi connectivity index (χ1v) is 4.40. The number of carboxylic acid groups (broad SMARTS) is 1. The van der Waals surface area contributed by atoms with Crippen molar-refractivity contribution in [2.75, 3.05) is 0 Å². The van der Waals surface area contributed by atoms with Gasteiger partial charge >= 0.3 is 5.97 Å². The number of aromatic nitrogens is 2. The van der Waals surface area contributed by atoms with Crippen LogP contribution in [0.25, 0.3) is 0 Å². The Morgan fingerprint density at radius 1 is 1.69 bits per heavy atom. The van der Waals surface area contributed by atoms with Gasteiger partial charge in [-0.15, -0.1) is 0 Å². The van der Waals surface area contributed by atoms with Gasteiger partial charge in [0.1, 0.15) is 0 Å². The number of hydrogen-bond donors (Lipinski definition) is 1. The van der Waals surface area contributed by atoms with Crippen LogP contribution in [-0.2, 0) is 13.5 Å². The molecule has 1 aromatic rings. The lowest BCUT2D eigenvalue weighted by Crippen LogP contribution is -2.05. The van der Waals surface area contributed by atoms with Crippen LogP contribution in [0.1, 0.15) is 29.5 Å². The topological polar surface area (TPSA) is 55.1 Å². The number of halogens is 1. The van der Waals surface area contributed by atoms with Crippen LogP contribution in [0.5, 0.6) is 0 Å². The maximum atomic E-state index is 10.7. The second kappa shape index (κ2) is 3.79. The van der Waals surface area contributed by atoms with E-state index in [1.807, 2.05) is 6.92 Å². The zero-order chi connectivity index (χ0) is 10.0. The Hall–Kier alpha value is -1.03. The minimum Gasteiger partial charge on any atom is -0.476 e. The Bertz CT molecular complexity index is 333. The molecule has 4 nitrogen and oxygen atoms in total. The summed E-state index contributed by atoms with van der Waals surface area (Å²) in [5.74, 6) is -1.04. The van der Waals surface area contributed by atoms with Gasteiger partial charge in [-0.1, -0.05) is 24.9 Å². The highest BCUT2D eigenvalue weighted by atomic mass is 35.5. The van der Waals surface area contributed by atoms with Gasteiger partial charge in [-0.2, -0.15) is 5.10 Å². The number of hydrogen-bond acceptors (Lipinski definition) is 2. The van der Waals surface area contributed by atoms with Crippen LogP contribution in [0.4, 0.5) is 0 Å². The van der Waals surface area contributed by atoms with Crippen molar-refractivity contribution in [3.8, 4) is 0 Å². The third-order valence-corrected chi connectivity index (χ3v) is 2.14. The lowest BCUT2D eigenvalue weighted by molar-refractivity contribution is 0.0685. The Morgan fingerprint density at radius 2 is 2.31 bits per heavy atom. The van der Waals surface area contributed by atoms with Crippen LogP contribution in [0.2, 0.25) is 5.02 Å². The fraction of sp³-hybridized carbons (Fsp3) is 0.500. The third kappa shape index (κ3) is 1.83. The van der Waals surface area contributed by atoms with E-state index < -0.39 is 5.97 Å². The lowest BCUT2D eigenvalue weighted by atomic mass is 10.2. The number of carbonyl (C=O) groups is 1. The van der Waals surface area contributed by atoms with Crippen LogP contribution in [0.3, 0.4) is 0 Å². The predicted molar refractivity (Wildman–Crippen MR) is 49.2 cm³/mol. The molecule has 0 fully saturated rings. The monoisotopic (exact) mass is 202 g/mol. The summed E-state index contributed by atoms with van der Waals surface area (Å²) in [4.78, 5) is 10.7. The van der Waals surface area contributed by atoms with E-state index in [0.717, 1.165) is 6.42 Å². The molecule has 0 saturated carbocycles. The van der Waals surface area contributed by atoms with Crippen molar-refractivity contribution in [2.45, 2.75) is 19.8 Å². The van der Waals surface area contributed by atoms with E-state index in [2.05, 4.69) is 5.10 Å².